The maximum Gasteiger partial charge on any atom is 0.261 e. The second-order valence-corrected chi connectivity index (χ2v) is 7.12. The van der Waals surface area contributed by atoms with E-state index in [1.807, 2.05) is 13.0 Å². The third kappa shape index (κ3) is 5.55. The third-order valence-electron chi connectivity index (χ3n) is 4.62. The summed E-state index contributed by atoms with van der Waals surface area (Å²) in [6.07, 6.45) is 5.87. The van der Waals surface area contributed by atoms with Crippen LogP contribution in [0.5, 0.6) is 0 Å². The second-order valence-electron chi connectivity index (χ2n) is 6.68. The molecule has 0 aliphatic heterocycles. The molecule has 0 aliphatic carbocycles. The van der Waals surface area contributed by atoms with E-state index in [1.54, 1.807) is 16.7 Å². The van der Waals surface area contributed by atoms with Crippen LogP contribution in [0.3, 0.4) is 0 Å². The van der Waals surface area contributed by atoms with Gasteiger partial charge in [-0.25, -0.2) is 4.98 Å². The van der Waals surface area contributed by atoms with Gasteiger partial charge in [0.2, 0.25) is 0 Å². The number of halogens is 1. The smallest absolute Gasteiger partial charge is 0.261 e. The Morgan fingerprint density at radius 3 is 2.36 bits per heavy atom. The molecule has 0 unspecified atom stereocenters. The zero-order valence-corrected chi connectivity index (χ0v) is 16.5. The summed E-state index contributed by atoms with van der Waals surface area (Å²) in [7, 11) is 0. The van der Waals surface area contributed by atoms with Crippen LogP contribution < -0.4 is 5.56 Å². The number of aryl methyl sites for hydroxylation is 1. The van der Waals surface area contributed by atoms with Gasteiger partial charge in [0.05, 0.1) is 10.9 Å². The number of rotatable bonds is 10. The van der Waals surface area contributed by atoms with Gasteiger partial charge in [0.15, 0.2) is 0 Å². The molecule has 0 saturated carbocycles. The molecule has 1 aromatic heterocycles. The van der Waals surface area contributed by atoms with Crippen LogP contribution in [0.1, 0.15) is 51.8 Å². The highest BCUT2D eigenvalue weighted by Gasteiger charge is 2.10. The first-order valence-corrected chi connectivity index (χ1v) is 9.83. The van der Waals surface area contributed by atoms with Gasteiger partial charge in [-0.3, -0.25) is 9.36 Å². The lowest BCUT2D eigenvalue weighted by molar-refractivity contribution is 0.256. The maximum absolute atomic E-state index is 12.8. The minimum Gasteiger partial charge on any atom is -0.303 e. The minimum absolute atomic E-state index is 0.0127. The van der Waals surface area contributed by atoms with Crippen molar-refractivity contribution in [1.82, 2.24) is 14.5 Å². The fraction of sp³-hybridized carbons (Fsp3) is 0.600. The molecule has 1 aromatic carbocycles. The van der Waals surface area contributed by atoms with Crippen LogP contribution in [0.15, 0.2) is 23.0 Å². The first-order chi connectivity index (χ1) is 12.1. The Morgan fingerprint density at radius 1 is 1.08 bits per heavy atom. The van der Waals surface area contributed by atoms with Crippen LogP contribution in [-0.2, 0) is 6.54 Å². The molecule has 1 heterocycles. The zero-order chi connectivity index (χ0) is 18.2. The summed E-state index contributed by atoms with van der Waals surface area (Å²) in [5.41, 5.74) is 0.731. The fourth-order valence-electron chi connectivity index (χ4n) is 3.12. The average molecular weight is 364 g/mol. The highest BCUT2D eigenvalue weighted by atomic mass is 35.5. The molecule has 2 rings (SSSR count). The molecule has 25 heavy (non-hydrogen) atoms. The van der Waals surface area contributed by atoms with Crippen LogP contribution >= 0.6 is 11.6 Å². The summed E-state index contributed by atoms with van der Waals surface area (Å²) >= 11 is 6.04. The van der Waals surface area contributed by atoms with Crippen molar-refractivity contribution >= 4 is 22.5 Å². The van der Waals surface area contributed by atoms with Gasteiger partial charge < -0.3 is 4.90 Å². The van der Waals surface area contributed by atoms with Gasteiger partial charge in [0, 0.05) is 11.6 Å². The number of unbranched alkanes of at least 4 members (excludes halogenated alkanes) is 2. The Labute approximate surface area is 155 Å². The molecule has 2 aromatic rings. The maximum atomic E-state index is 12.8. The largest absolute Gasteiger partial charge is 0.303 e. The first-order valence-electron chi connectivity index (χ1n) is 9.45. The second kappa shape index (κ2) is 9.93. The lowest BCUT2D eigenvalue weighted by atomic mass is 10.2. The van der Waals surface area contributed by atoms with Crippen LogP contribution in [0.2, 0.25) is 5.02 Å². The van der Waals surface area contributed by atoms with Gasteiger partial charge in [0.25, 0.3) is 5.56 Å². The molecule has 0 N–H and O–H groups in total. The molecular formula is C20H30ClN3O. The molecule has 0 radical (unpaired) electrons. The molecule has 0 aliphatic rings. The Balaban J connectivity index is 2.07. The first kappa shape index (κ1) is 19.9. The molecule has 0 spiro atoms. The predicted octanol–water partition coefficient (Wildman–Crippen LogP) is 4.65. The van der Waals surface area contributed by atoms with Gasteiger partial charge in [0.1, 0.15) is 5.82 Å². The number of aromatic nitrogens is 2. The Bertz CT molecular complexity index is 734. The predicted molar refractivity (Wildman–Crippen MR) is 107 cm³/mol. The summed E-state index contributed by atoms with van der Waals surface area (Å²) in [6, 6.07) is 5.31. The van der Waals surface area contributed by atoms with E-state index < -0.39 is 0 Å². The van der Waals surface area contributed by atoms with Gasteiger partial charge in [-0.2, -0.15) is 0 Å². The highest BCUT2D eigenvalue weighted by molar-refractivity contribution is 6.31. The lowest BCUT2D eigenvalue weighted by Crippen LogP contribution is -2.30. The van der Waals surface area contributed by atoms with E-state index in [1.165, 1.54) is 25.7 Å². The van der Waals surface area contributed by atoms with E-state index >= 15 is 0 Å². The molecule has 4 nitrogen and oxygen atoms in total. The Kier molecular flexibility index (Phi) is 7.91. The van der Waals surface area contributed by atoms with Crippen molar-refractivity contribution in [2.75, 3.05) is 19.6 Å². The summed E-state index contributed by atoms with van der Waals surface area (Å²) in [5, 5.41) is 1.18. The van der Waals surface area contributed by atoms with Crippen molar-refractivity contribution in [3.63, 3.8) is 0 Å². The number of fused-ring (bicyclic) bond motifs is 1. The van der Waals surface area contributed by atoms with E-state index in [9.17, 15) is 4.79 Å². The van der Waals surface area contributed by atoms with Crippen molar-refractivity contribution in [2.45, 2.75) is 59.4 Å². The molecule has 0 atom stereocenters. The lowest BCUT2D eigenvalue weighted by Gasteiger charge is -2.22. The van der Waals surface area contributed by atoms with Crippen molar-refractivity contribution in [3.05, 3.63) is 39.4 Å². The van der Waals surface area contributed by atoms with Gasteiger partial charge >= 0.3 is 0 Å². The standard InChI is InChI=1S/C20H30ClN3O/c1-4-6-11-23(12-7-5-2)13-8-14-24-16(3)22-19-10-9-17(21)15-18(19)20(24)25/h9-10,15H,4-8,11-14H2,1-3H3. The quantitative estimate of drug-likeness (QED) is 0.616. The van der Waals surface area contributed by atoms with Crippen LogP contribution in [0.4, 0.5) is 0 Å². The van der Waals surface area contributed by atoms with E-state index in [2.05, 4.69) is 23.7 Å². The van der Waals surface area contributed by atoms with E-state index in [0.717, 1.165) is 37.4 Å². The van der Waals surface area contributed by atoms with E-state index in [-0.39, 0.29) is 5.56 Å². The summed E-state index contributed by atoms with van der Waals surface area (Å²) in [6.45, 7) is 10.4. The molecule has 0 saturated heterocycles. The van der Waals surface area contributed by atoms with Gasteiger partial charge in [-0.05, 0) is 64.0 Å². The summed E-state index contributed by atoms with van der Waals surface area (Å²) in [5.74, 6) is 0.772. The molecule has 138 valence electrons. The average Bonchev–Trinajstić information content (AvgIpc) is 2.60. The monoisotopic (exact) mass is 363 g/mol. The number of hydrogen-bond acceptors (Lipinski definition) is 3. The molecular weight excluding hydrogens is 334 g/mol. The minimum atomic E-state index is 0.0127. The third-order valence-corrected chi connectivity index (χ3v) is 4.85. The highest BCUT2D eigenvalue weighted by Crippen LogP contribution is 2.15. The molecule has 5 heteroatoms. The normalized spacial score (nSPS) is 11.6. The molecule has 0 fully saturated rings. The van der Waals surface area contributed by atoms with Gasteiger partial charge in [-0.15, -0.1) is 0 Å². The van der Waals surface area contributed by atoms with E-state index in [0.29, 0.717) is 17.0 Å². The summed E-state index contributed by atoms with van der Waals surface area (Å²) in [4.78, 5) is 19.9. The zero-order valence-electron chi connectivity index (χ0n) is 15.7. The molecule has 0 bridgehead atoms. The van der Waals surface area contributed by atoms with Crippen LogP contribution in [-0.4, -0.2) is 34.1 Å². The van der Waals surface area contributed by atoms with Crippen molar-refractivity contribution in [2.24, 2.45) is 0 Å². The number of nitrogens with zero attached hydrogens (tertiary/aromatic N) is 3. The Hall–Kier alpha value is -1.39. The van der Waals surface area contributed by atoms with Crippen molar-refractivity contribution in [3.8, 4) is 0 Å². The van der Waals surface area contributed by atoms with Crippen molar-refractivity contribution in [1.29, 1.82) is 0 Å². The fourth-order valence-corrected chi connectivity index (χ4v) is 3.29. The van der Waals surface area contributed by atoms with Crippen LogP contribution in [0, 0.1) is 6.92 Å². The molecule has 0 amide bonds. The SMILES string of the molecule is CCCCN(CCCC)CCCn1c(C)nc2ccc(Cl)cc2c1=O. The van der Waals surface area contributed by atoms with Crippen molar-refractivity contribution < 1.29 is 0 Å². The van der Waals surface area contributed by atoms with Crippen LogP contribution in [0.25, 0.3) is 10.9 Å². The van der Waals surface area contributed by atoms with Gasteiger partial charge in [-0.1, -0.05) is 38.3 Å². The summed E-state index contributed by atoms with van der Waals surface area (Å²) < 4.78 is 1.79. The Morgan fingerprint density at radius 2 is 1.72 bits per heavy atom. The number of benzene rings is 1. The topological polar surface area (TPSA) is 38.1 Å². The number of hydrogen-bond donors (Lipinski definition) is 0. The van der Waals surface area contributed by atoms with E-state index in [4.69, 9.17) is 11.6 Å².